The highest BCUT2D eigenvalue weighted by atomic mass is 19.1. The van der Waals surface area contributed by atoms with Gasteiger partial charge in [0.2, 0.25) is 0 Å². The molecule has 0 aliphatic rings. The van der Waals surface area contributed by atoms with E-state index in [0.29, 0.717) is 5.69 Å². The molecule has 1 unspecified atom stereocenters. The van der Waals surface area contributed by atoms with Crippen molar-refractivity contribution in [1.29, 1.82) is 0 Å². The molecule has 0 radical (unpaired) electrons. The zero-order valence-corrected chi connectivity index (χ0v) is 13.0. The summed E-state index contributed by atoms with van der Waals surface area (Å²) in [6.45, 7) is 1.46. The summed E-state index contributed by atoms with van der Waals surface area (Å²) in [7, 11) is 0. The Morgan fingerprint density at radius 3 is 2.44 bits per heavy atom. The quantitative estimate of drug-likeness (QED) is 0.764. The van der Waals surface area contributed by atoms with Crippen molar-refractivity contribution in [2.45, 2.75) is 13.0 Å². The van der Waals surface area contributed by atoms with Crippen molar-refractivity contribution in [3.8, 4) is 5.69 Å². The Labute approximate surface area is 140 Å². The van der Waals surface area contributed by atoms with Crippen LogP contribution in [0.15, 0.2) is 47.3 Å². The zero-order valence-electron chi connectivity index (χ0n) is 13.0. The van der Waals surface area contributed by atoms with Gasteiger partial charge < -0.3 is 10.4 Å². The number of aromatic nitrogens is 2. The molecule has 0 bridgehead atoms. The van der Waals surface area contributed by atoms with Crippen LogP contribution in [0, 0.1) is 11.6 Å². The van der Waals surface area contributed by atoms with Crippen LogP contribution in [-0.2, 0) is 0 Å². The van der Waals surface area contributed by atoms with Gasteiger partial charge in [0, 0.05) is 0 Å². The maximum atomic E-state index is 14.1. The lowest BCUT2D eigenvalue weighted by Gasteiger charge is -2.18. The Kier molecular flexibility index (Phi) is 4.18. The van der Waals surface area contributed by atoms with Crippen LogP contribution in [0.1, 0.15) is 18.8 Å². The molecule has 8 heteroatoms. The lowest BCUT2D eigenvalue weighted by Crippen LogP contribution is -2.32. The summed E-state index contributed by atoms with van der Waals surface area (Å²) in [6, 6.07) is 9.01. The van der Waals surface area contributed by atoms with Gasteiger partial charge in [0.1, 0.15) is 28.4 Å². The van der Waals surface area contributed by atoms with Crippen molar-refractivity contribution in [3.05, 3.63) is 70.3 Å². The van der Waals surface area contributed by atoms with E-state index in [-0.39, 0.29) is 5.82 Å². The average molecular weight is 345 g/mol. The van der Waals surface area contributed by atoms with Gasteiger partial charge in [0.25, 0.3) is 5.56 Å². The van der Waals surface area contributed by atoms with Gasteiger partial charge in [-0.3, -0.25) is 9.36 Å². The molecule has 0 aliphatic heterocycles. The summed E-state index contributed by atoms with van der Waals surface area (Å²) < 4.78 is 29.3. The number of fused-ring (bicyclic) bond motifs is 1. The highest BCUT2D eigenvalue weighted by molar-refractivity contribution is 5.79. The van der Waals surface area contributed by atoms with Crippen molar-refractivity contribution in [2.24, 2.45) is 0 Å². The van der Waals surface area contributed by atoms with Crippen LogP contribution in [0.2, 0.25) is 0 Å². The van der Waals surface area contributed by atoms with Crippen molar-refractivity contribution in [2.75, 3.05) is 0 Å². The predicted molar refractivity (Wildman–Crippen MR) is 86.8 cm³/mol. The molecule has 25 heavy (non-hydrogen) atoms. The summed E-state index contributed by atoms with van der Waals surface area (Å²) in [5.41, 5.74) is -0.895. The first kappa shape index (κ1) is 16.6. The second kappa shape index (κ2) is 6.31. The molecule has 0 saturated heterocycles. The fourth-order valence-electron chi connectivity index (χ4n) is 2.60. The molecule has 2 N–H and O–H groups in total. The van der Waals surface area contributed by atoms with Gasteiger partial charge in [-0.15, -0.1) is 0 Å². The molecule has 2 aromatic carbocycles. The third-order valence-electron chi connectivity index (χ3n) is 3.69. The van der Waals surface area contributed by atoms with E-state index in [9.17, 15) is 18.4 Å². The number of halogens is 2. The number of rotatable bonds is 3. The lowest BCUT2D eigenvalue weighted by molar-refractivity contribution is 0.190. The Balaban J connectivity index is 2.41. The van der Waals surface area contributed by atoms with Gasteiger partial charge >= 0.3 is 6.09 Å². The molecule has 1 atom stereocenters. The van der Waals surface area contributed by atoms with E-state index in [2.05, 4.69) is 10.3 Å². The summed E-state index contributed by atoms with van der Waals surface area (Å²) in [4.78, 5) is 27.8. The summed E-state index contributed by atoms with van der Waals surface area (Å²) in [5, 5.41) is 10.6. The molecular formula is C17H13F2N3O3. The minimum absolute atomic E-state index is 0.0457. The van der Waals surface area contributed by atoms with E-state index in [1.54, 1.807) is 30.3 Å². The molecule has 1 aromatic heterocycles. The van der Waals surface area contributed by atoms with Crippen LogP contribution in [0.4, 0.5) is 13.6 Å². The molecule has 0 aliphatic carbocycles. The smallest absolute Gasteiger partial charge is 0.405 e. The molecule has 3 aromatic rings. The third-order valence-corrected chi connectivity index (χ3v) is 3.69. The second-order valence-corrected chi connectivity index (χ2v) is 5.37. The number of hydrogen-bond acceptors (Lipinski definition) is 3. The Morgan fingerprint density at radius 2 is 1.80 bits per heavy atom. The molecule has 1 heterocycles. The lowest BCUT2D eigenvalue weighted by atomic mass is 10.2. The minimum Gasteiger partial charge on any atom is -0.465 e. The molecule has 0 spiro atoms. The van der Waals surface area contributed by atoms with Crippen molar-refractivity contribution >= 4 is 17.0 Å². The molecule has 128 valence electrons. The van der Waals surface area contributed by atoms with Gasteiger partial charge in [0.05, 0.1) is 11.7 Å². The fourth-order valence-corrected chi connectivity index (χ4v) is 2.60. The van der Waals surface area contributed by atoms with Gasteiger partial charge in [-0.1, -0.05) is 18.2 Å². The van der Waals surface area contributed by atoms with Crippen LogP contribution in [0.25, 0.3) is 16.6 Å². The molecule has 0 fully saturated rings. The van der Waals surface area contributed by atoms with Gasteiger partial charge in [-0.2, -0.15) is 0 Å². The topological polar surface area (TPSA) is 84.2 Å². The first-order valence-electron chi connectivity index (χ1n) is 7.35. The molecule has 1 amide bonds. The average Bonchev–Trinajstić information content (AvgIpc) is 2.57. The SMILES string of the molecule is CC(NC(=O)O)c1nc2c(F)ccc(F)c2c(=O)n1-c1ccccc1. The van der Waals surface area contributed by atoms with Gasteiger partial charge in [0.15, 0.2) is 0 Å². The van der Waals surface area contributed by atoms with E-state index in [1.807, 2.05) is 0 Å². The predicted octanol–water partition coefficient (Wildman–Crippen LogP) is 2.99. The third kappa shape index (κ3) is 2.93. The molecular weight excluding hydrogens is 332 g/mol. The first-order chi connectivity index (χ1) is 11.9. The Hall–Kier alpha value is -3.29. The largest absolute Gasteiger partial charge is 0.465 e. The number of para-hydroxylation sites is 1. The molecule has 0 saturated carbocycles. The zero-order chi connectivity index (χ0) is 18.1. The van der Waals surface area contributed by atoms with Crippen LogP contribution in [-0.4, -0.2) is 20.8 Å². The number of nitrogens with one attached hydrogen (secondary N) is 1. The number of benzene rings is 2. The number of carbonyl (C=O) groups is 1. The highest BCUT2D eigenvalue weighted by Gasteiger charge is 2.22. The maximum absolute atomic E-state index is 14.1. The standard InChI is InChI=1S/C17H13F2N3O3/c1-9(20-17(24)25)15-21-14-12(19)8-7-11(18)13(14)16(23)22(15)10-5-3-2-4-6-10/h2-9,20H,1H3,(H,24,25). The highest BCUT2D eigenvalue weighted by Crippen LogP contribution is 2.21. The van der Waals surface area contributed by atoms with Crippen LogP contribution < -0.4 is 10.9 Å². The van der Waals surface area contributed by atoms with Crippen LogP contribution in [0.5, 0.6) is 0 Å². The maximum Gasteiger partial charge on any atom is 0.405 e. The monoisotopic (exact) mass is 345 g/mol. The summed E-state index contributed by atoms with van der Waals surface area (Å²) >= 11 is 0. The number of nitrogens with zero attached hydrogens (tertiary/aromatic N) is 2. The normalized spacial score (nSPS) is 12.1. The van der Waals surface area contributed by atoms with Crippen molar-refractivity contribution in [3.63, 3.8) is 0 Å². The fraction of sp³-hybridized carbons (Fsp3) is 0.118. The molecule has 6 nitrogen and oxygen atoms in total. The molecule has 3 rings (SSSR count). The van der Waals surface area contributed by atoms with E-state index in [4.69, 9.17) is 5.11 Å². The summed E-state index contributed by atoms with van der Waals surface area (Å²) in [6.07, 6.45) is -1.33. The Morgan fingerprint density at radius 1 is 1.16 bits per heavy atom. The van der Waals surface area contributed by atoms with Crippen molar-refractivity contribution in [1.82, 2.24) is 14.9 Å². The first-order valence-corrected chi connectivity index (χ1v) is 7.35. The van der Waals surface area contributed by atoms with Crippen LogP contribution in [0.3, 0.4) is 0 Å². The summed E-state index contributed by atoms with van der Waals surface area (Å²) in [5.74, 6) is -1.81. The van der Waals surface area contributed by atoms with E-state index in [0.717, 1.165) is 16.7 Å². The minimum atomic E-state index is -1.33. The second-order valence-electron chi connectivity index (χ2n) is 5.37. The van der Waals surface area contributed by atoms with Crippen LogP contribution >= 0.6 is 0 Å². The van der Waals surface area contributed by atoms with E-state index >= 15 is 0 Å². The van der Waals surface area contributed by atoms with Gasteiger partial charge in [-0.25, -0.2) is 18.6 Å². The number of amides is 1. The van der Waals surface area contributed by atoms with Crippen molar-refractivity contribution < 1.29 is 18.7 Å². The number of hydrogen-bond donors (Lipinski definition) is 2. The van der Waals surface area contributed by atoms with E-state index < -0.39 is 40.2 Å². The number of carboxylic acid groups (broad SMARTS) is 1. The van der Waals surface area contributed by atoms with Gasteiger partial charge in [-0.05, 0) is 31.2 Å². The Bertz CT molecular complexity index is 1020. The van der Waals surface area contributed by atoms with E-state index in [1.165, 1.54) is 6.92 Å².